The SMILES string of the molecule is CNCCN(C)C(=O)c1scc(C)c1NC(=O)C[N+]1(CC(=O)NCc2ccccc2)CCCCCC1. The highest BCUT2D eigenvalue weighted by atomic mass is 32.1. The van der Waals surface area contributed by atoms with Crippen LogP contribution in [0.25, 0.3) is 0 Å². The minimum Gasteiger partial charge on any atom is -0.347 e. The van der Waals surface area contributed by atoms with Crippen molar-refractivity contribution in [1.29, 1.82) is 0 Å². The fourth-order valence-electron chi connectivity index (χ4n) is 4.68. The number of nitrogens with one attached hydrogen (secondary N) is 3. The molecule has 0 spiro atoms. The molecule has 9 heteroatoms. The van der Waals surface area contributed by atoms with Gasteiger partial charge in [0.15, 0.2) is 13.1 Å². The number of likely N-dealkylation sites (tertiary alicyclic amines) is 1. The van der Waals surface area contributed by atoms with E-state index in [0.717, 1.165) is 49.9 Å². The maximum Gasteiger partial charge on any atom is 0.279 e. The lowest BCUT2D eigenvalue weighted by Gasteiger charge is -2.36. The summed E-state index contributed by atoms with van der Waals surface area (Å²) in [4.78, 5) is 41.5. The van der Waals surface area contributed by atoms with E-state index in [0.29, 0.717) is 34.7 Å². The molecular weight excluding hydrogens is 474 g/mol. The number of anilines is 1. The van der Waals surface area contributed by atoms with E-state index in [1.165, 1.54) is 11.3 Å². The third-order valence-corrected chi connectivity index (χ3v) is 7.87. The average Bonchev–Trinajstić information content (AvgIpc) is 3.07. The monoisotopic (exact) mass is 514 g/mol. The first-order valence-corrected chi connectivity index (χ1v) is 13.7. The van der Waals surface area contributed by atoms with E-state index in [4.69, 9.17) is 0 Å². The Kier molecular flexibility index (Phi) is 10.5. The van der Waals surface area contributed by atoms with Crippen LogP contribution in [-0.4, -0.2) is 80.5 Å². The van der Waals surface area contributed by atoms with Crippen LogP contribution < -0.4 is 16.0 Å². The summed E-state index contributed by atoms with van der Waals surface area (Å²) < 4.78 is 0.445. The molecule has 36 heavy (non-hydrogen) atoms. The fraction of sp³-hybridized carbons (Fsp3) is 0.519. The van der Waals surface area contributed by atoms with Gasteiger partial charge in [0.05, 0.1) is 18.8 Å². The highest BCUT2D eigenvalue weighted by Gasteiger charge is 2.34. The molecule has 0 saturated carbocycles. The number of carbonyl (C=O) groups excluding carboxylic acids is 3. The van der Waals surface area contributed by atoms with Crippen molar-refractivity contribution in [3.63, 3.8) is 0 Å². The molecule has 0 bridgehead atoms. The molecule has 1 aromatic carbocycles. The quantitative estimate of drug-likeness (QED) is 0.402. The molecule has 0 aliphatic carbocycles. The normalized spacial score (nSPS) is 15.1. The second-order valence-corrected chi connectivity index (χ2v) is 10.7. The first-order valence-electron chi connectivity index (χ1n) is 12.8. The molecule has 3 amide bonds. The first kappa shape index (κ1) is 27.8. The standard InChI is InChI=1S/C27H39N5O3S/c1-21-20-36-26(27(35)31(3)14-13-28-2)25(21)30-24(34)19-32(15-9-4-5-10-16-32)18-23(33)29-17-22-11-7-6-8-12-22/h6-8,11-12,20,28H,4-5,9-10,13-19H2,1-3H3,(H-,29,30,33,34,35)/p+1. The van der Waals surface area contributed by atoms with Gasteiger partial charge in [-0.2, -0.15) is 0 Å². The molecule has 0 radical (unpaired) electrons. The van der Waals surface area contributed by atoms with E-state index in [9.17, 15) is 14.4 Å². The molecule has 8 nitrogen and oxygen atoms in total. The number of thiophene rings is 1. The van der Waals surface area contributed by atoms with Gasteiger partial charge in [0.25, 0.3) is 17.7 Å². The number of benzene rings is 1. The highest BCUT2D eigenvalue weighted by Crippen LogP contribution is 2.29. The predicted octanol–water partition coefficient (Wildman–Crippen LogP) is 2.99. The van der Waals surface area contributed by atoms with Crippen LogP contribution in [0.4, 0.5) is 5.69 Å². The summed E-state index contributed by atoms with van der Waals surface area (Å²) >= 11 is 1.36. The lowest BCUT2D eigenvalue weighted by molar-refractivity contribution is -0.912. The molecule has 1 aliphatic heterocycles. The van der Waals surface area contributed by atoms with Gasteiger partial charge >= 0.3 is 0 Å². The van der Waals surface area contributed by atoms with Gasteiger partial charge in [0.1, 0.15) is 4.88 Å². The summed E-state index contributed by atoms with van der Waals surface area (Å²) in [5.41, 5.74) is 2.52. The van der Waals surface area contributed by atoms with Crippen LogP contribution in [0.15, 0.2) is 35.7 Å². The molecule has 0 atom stereocenters. The van der Waals surface area contributed by atoms with E-state index < -0.39 is 0 Å². The second kappa shape index (κ2) is 13.5. The van der Waals surface area contributed by atoms with Crippen LogP contribution in [0.2, 0.25) is 0 Å². The Hall–Kier alpha value is -2.75. The Morgan fingerprint density at radius 1 is 1.00 bits per heavy atom. The Bertz CT molecular complexity index is 1020. The van der Waals surface area contributed by atoms with Gasteiger partial charge in [-0.1, -0.05) is 30.3 Å². The summed E-state index contributed by atoms with van der Waals surface area (Å²) in [7, 11) is 3.62. The van der Waals surface area contributed by atoms with Gasteiger partial charge in [-0.3, -0.25) is 14.4 Å². The topological polar surface area (TPSA) is 90.5 Å². The molecule has 1 saturated heterocycles. The fourth-order valence-corrected chi connectivity index (χ4v) is 5.68. The number of quaternary nitrogens is 1. The number of hydrogen-bond acceptors (Lipinski definition) is 5. The van der Waals surface area contributed by atoms with Gasteiger partial charge in [-0.15, -0.1) is 11.3 Å². The Balaban J connectivity index is 1.68. The van der Waals surface area contributed by atoms with Gasteiger partial charge < -0.3 is 25.3 Å². The lowest BCUT2D eigenvalue weighted by Crippen LogP contribution is -2.57. The second-order valence-electron chi connectivity index (χ2n) is 9.78. The van der Waals surface area contributed by atoms with Crippen LogP contribution in [0.5, 0.6) is 0 Å². The van der Waals surface area contributed by atoms with Gasteiger partial charge in [-0.05, 0) is 56.2 Å². The van der Waals surface area contributed by atoms with Crippen molar-refractivity contribution >= 4 is 34.7 Å². The van der Waals surface area contributed by atoms with E-state index in [1.807, 2.05) is 49.7 Å². The molecule has 2 aromatic rings. The van der Waals surface area contributed by atoms with Gasteiger partial charge in [0, 0.05) is 26.7 Å². The molecule has 1 aliphatic rings. The number of hydrogen-bond donors (Lipinski definition) is 3. The first-order chi connectivity index (χ1) is 17.3. The number of nitrogens with zero attached hydrogens (tertiary/aromatic N) is 2. The van der Waals surface area contributed by atoms with Crippen molar-refractivity contribution in [1.82, 2.24) is 15.5 Å². The Morgan fingerprint density at radius 2 is 1.67 bits per heavy atom. The summed E-state index contributed by atoms with van der Waals surface area (Å²) in [5.74, 6) is -0.291. The van der Waals surface area contributed by atoms with Crippen LogP contribution in [-0.2, 0) is 16.1 Å². The largest absolute Gasteiger partial charge is 0.347 e. The van der Waals surface area contributed by atoms with Crippen LogP contribution in [0.3, 0.4) is 0 Å². The molecule has 1 fully saturated rings. The number of aryl methyl sites for hydroxylation is 1. The molecule has 3 N–H and O–H groups in total. The van der Waals surface area contributed by atoms with Crippen LogP contribution in [0.1, 0.15) is 46.5 Å². The van der Waals surface area contributed by atoms with Crippen molar-refractivity contribution < 1.29 is 18.9 Å². The zero-order chi connectivity index (χ0) is 26.0. The average molecular weight is 515 g/mol. The minimum absolute atomic E-state index is 0.0395. The number of amides is 3. The molecule has 2 heterocycles. The van der Waals surface area contributed by atoms with E-state index >= 15 is 0 Å². The predicted molar refractivity (Wildman–Crippen MR) is 145 cm³/mol. The van der Waals surface area contributed by atoms with Crippen molar-refractivity contribution in [3.05, 3.63) is 51.7 Å². The summed E-state index contributed by atoms with van der Waals surface area (Å²) in [6.45, 7) is 5.76. The zero-order valence-corrected chi connectivity index (χ0v) is 22.6. The van der Waals surface area contributed by atoms with E-state index in [-0.39, 0.29) is 30.8 Å². The Labute approximate surface area is 218 Å². The minimum atomic E-state index is -0.152. The summed E-state index contributed by atoms with van der Waals surface area (Å²) in [5, 5.41) is 11.0. The molecule has 3 rings (SSSR count). The van der Waals surface area contributed by atoms with Crippen molar-refractivity contribution in [2.75, 3.05) is 58.7 Å². The summed E-state index contributed by atoms with van der Waals surface area (Å²) in [6, 6.07) is 9.84. The number of rotatable bonds is 11. The third-order valence-electron chi connectivity index (χ3n) is 6.78. The van der Waals surface area contributed by atoms with Crippen molar-refractivity contribution in [2.24, 2.45) is 0 Å². The van der Waals surface area contributed by atoms with Crippen molar-refractivity contribution in [3.8, 4) is 0 Å². The lowest BCUT2D eigenvalue weighted by atomic mass is 10.2. The highest BCUT2D eigenvalue weighted by molar-refractivity contribution is 7.13. The maximum absolute atomic E-state index is 13.3. The molecule has 0 unspecified atom stereocenters. The molecule has 1 aromatic heterocycles. The van der Waals surface area contributed by atoms with Gasteiger partial charge in [-0.25, -0.2) is 0 Å². The molecule has 196 valence electrons. The maximum atomic E-state index is 13.3. The summed E-state index contributed by atoms with van der Waals surface area (Å²) in [6.07, 6.45) is 4.23. The smallest absolute Gasteiger partial charge is 0.279 e. The van der Waals surface area contributed by atoms with Crippen LogP contribution in [0, 0.1) is 6.92 Å². The van der Waals surface area contributed by atoms with E-state index in [2.05, 4.69) is 16.0 Å². The van der Waals surface area contributed by atoms with E-state index in [1.54, 1.807) is 11.9 Å². The molecular formula is C27H40N5O3S+. The number of carbonyl (C=O) groups is 3. The van der Waals surface area contributed by atoms with Crippen molar-refractivity contribution in [2.45, 2.75) is 39.2 Å². The zero-order valence-electron chi connectivity index (χ0n) is 21.8. The Morgan fingerprint density at radius 3 is 2.33 bits per heavy atom. The third kappa shape index (κ3) is 7.88. The number of likely N-dealkylation sites (N-methyl/N-ethyl adjacent to an activating group) is 2. The van der Waals surface area contributed by atoms with Crippen LogP contribution >= 0.6 is 11.3 Å². The van der Waals surface area contributed by atoms with Gasteiger partial charge in [0.2, 0.25) is 0 Å².